The summed E-state index contributed by atoms with van der Waals surface area (Å²) < 4.78 is 29.6. The number of nitrogens with one attached hydrogen (secondary N) is 1. The van der Waals surface area contributed by atoms with E-state index in [1.807, 2.05) is 30.3 Å². The number of furan rings is 1. The monoisotopic (exact) mass is 491 g/mol. The molecule has 6 nitrogen and oxygen atoms in total. The van der Waals surface area contributed by atoms with Crippen molar-refractivity contribution >= 4 is 32.6 Å². The summed E-state index contributed by atoms with van der Waals surface area (Å²) in [6.45, 7) is 0.406. The van der Waals surface area contributed by atoms with E-state index in [4.69, 9.17) is 13.9 Å². The van der Waals surface area contributed by atoms with Gasteiger partial charge in [-0.3, -0.25) is 9.00 Å². The van der Waals surface area contributed by atoms with Crippen LogP contribution >= 0.6 is 15.9 Å². The Morgan fingerprint density at radius 1 is 1.07 bits per heavy atom. The van der Waals surface area contributed by atoms with Crippen LogP contribution in [-0.4, -0.2) is 30.9 Å². The van der Waals surface area contributed by atoms with Crippen molar-refractivity contribution in [3.63, 3.8) is 0 Å². The number of rotatable bonds is 9. The normalized spacial score (nSPS) is 11.7. The Bertz CT molecular complexity index is 1030. The fraction of sp³-hybridized carbons (Fsp3) is 0.227. The molecule has 0 fully saturated rings. The van der Waals surface area contributed by atoms with E-state index >= 15 is 0 Å². The predicted molar refractivity (Wildman–Crippen MR) is 119 cm³/mol. The van der Waals surface area contributed by atoms with Gasteiger partial charge in [0.25, 0.3) is 5.91 Å². The average molecular weight is 492 g/mol. The number of hydrogen-bond acceptors (Lipinski definition) is 5. The molecule has 30 heavy (non-hydrogen) atoms. The summed E-state index contributed by atoms with van der Waals surface area (Å²) >= 11 is 3.36. The lowest BCUT2D eigenvalue weighted by Crippen LogP contribution is -2.25. The van der Waals surface area contributed by atoms with E-state index in [1.54, 1.807) is 38.5 Å². The Kier molecular flexibility index (Phi) is 7.70. The van der Waals surface area contributed by atoms with E-state index in [2.05, 4.69) is 21.2 Å². The van der Waals surface area contributed by atoms with E-state index in [0.29, 0.717) is 23.6 Å². The van der Waals surface area contributed by atoms with Crippen LogP contribution in [0.1, 0.15) is 21.9 Å². The lowest BCUT2D eigenvalue weighted by atomic mass is 10.1. The second kappa shape index (κ2) is 10.4. The van der Waals surface area contributed by atoms with Crippen molar-refractivity contribution in [2.24, 2.45) is 0 Å². The summed E-state index contributed by atoms with van der Waals surface area (Å²) in [5, 5.41) is 2.83. The first-order valence-electron chi connectivity index (χ1n) is 9.22. The first-order valence-corrected chi connectivity index (χ1v) is 11.3. The molecule has 0 radical (unpaired) electrons. The predicted octanol–water partition coefficient (Wildman–Crippen LogP) is 4.34. The van der Waals surface area contributed by atoms with Crippen molar-refractivity contribution in [1.82, 2.24) is 5.32 Å². The van der Waals surface area contributed by atoms with Gasteiger partial charge >= 0.3 is 0 Å². The van der Waals surface area contributed by atoms with Crippen molar-refractivity contribution in [2.45, 2.75) is 17.1 Å². The molecule has 1 atom stereocenters. The van der Waals surface area contributed by atoms with Gasteiger partial charge in [-0.15, -0.1) is 0 Å². The highest BCUT2D eigenvalue weighted by Crippen LogP contribution is 2.24. The molecule has 1 aromatic heterocycles. The van der Waals surface area contributed by atoms with Crippen LogP contribution in [0.5, 0.6) is 11.5 Å². The number of ether oxygens (including phenoxy) is 2. The Hall–Kier alpha value is -2.58. The molecule has 0 aliphatic rings. The summed E-state index contributed by atoms with van der Waals surface area (Å²) in [6, 6.07) is 16.1. The molecule has 2 aromatic carbocycles. The summed E-state index contributed by atoms with van der Waals surface area (Å²) in [5.74, 6) is 2.03. The van der Waals surface area contributed by atoms with Crippen LogP contribution in [0.3, 0.4) is 0 Å². The molecule has 0 saturated carbocycles. The maximum Gasteiger partial charge on any atom is 0.287 e. The molecule has 1 N–H and O–H groups in total. The molecular weight excluding hydrogens is 470 g/mol. The largest absolute Gasteiger partial charge is 0.497 e. The topological polar surface area (TPSA) is 77.8 Å². The van der Waals surface area contributed by atoms with Crippen molar-refractivity contribution < 1.29 is 22.9 Å². The smallest absolute Gasteiger partial charge is 0.287 e. The lowest BCUT2D eigenvalue weighted by molar-refractivity contribution is 0.0925. The van der Waals surface area contributed by atoms with E-state index in [9.17, 15) is 9.00 Å². The molecule has 3 rings (SSSR count). The number of hydrogen-bond donors (Lipinski definition) is 1. The van der Waals surface area contributed by atoms with Crippen LogP contribution in [0.2, 0.25) is 0 Å². The zero-order chi connectivity index (χ0) is 21.5. The van der Waals surface area contributed by atoms with Crippen molar-refractivity contribution in [3.05, 3.63) is 76.2 Å². The number of benzene rings is 2. The van der Waals surface area contributed by atoms with Gasteiger partial charge in [-0.05, 0) is 66.6 Å². The van der Waals surface area contributed by atoms with Crippen molar-refractivity contribution in [1.29, 1.82) is 0 Å². The molecule has 1 amide bonds. The number of amides is 1. The summed E-state index contributed by atoms with van der Waals surface area (Å²) in [4.78, 5) is 13.1. The third kappa shape index (κ3) is 5.73. The third-order valence-corrected chi connectivity index (χ3v) is 6.28. The second-order valence-electron chi connectivity index (χ2n) is 6.39. The van der Waals surface area contributed by atoms with Gasteiger partial charge < -0.3 is 19.2 Å². The molecule has 8 heteroatoms. The van der Waals surface area contributed by atoms with E-state index in [1.165, 1.54) is 0 Å². The van der Waals surface area contributed by atoms with Gasteiger partial charge in [0.05, 0.1) is 30.8 Å². The van der Waals surface area contributed by atoms with Gasteiger partial charge in [0, 0.05) is 15.9 Å². The molecule has 1 unspecified atom stereocenters. The van der Waals surface area contributed by atoms with Gasteiger partial charge in [0.1, 0.15) is 17.3 Å². The molecular formula is C22H22BrNO5S. The Morgan fingerprint density at radius 3 is 2.53 bits per heavy atom. The summed E-state index contributed by atoms with van der Waals surface area (Å²) in [6.07, 6.45) is 0.577. The standard InChI is InChI=1S/C22H22BrNO5S/c1-27-17-5-9-20(28-2)15(13-17)11-12-24-22(25)21-10-6-18(29-21)14-30(26)19-7-3-16(23)4-8-19/h3-10,13H,11-12,14H2,1-2H3,(H,24,25). The van der Waals surface area contributed by atoms with E-state index in [-0.39, 0.29) is 17.4 Å². The molecule has 0 bridgehead atoms. The van der Waals surface area contributed by atoms with Gasteiger partial charge in [0.2, 0.25) is 0 Å². The molecule has 3 aromatic rings. The van der Waals surface area contributed by atoms with Crippen LogP contribution in [0.15, 0.2) is 68.4 Å². The molecule has 0 spiro atoms. The minimum atomic E-state index is -1.25. The average Bonchev–Trinajstić information content (AvgIpc) is 3.22. The van der Waals surface area contributed by atoms with Gasteiger partial charge in [-0.1, -0.05) is 15.9 Å². The number of carbonyl (C=O) groups is 1. The fourth-order valence-corrected chi connectivity index (χ4v) is 4.14. The van der Waals surface area contributed by atoms with Gasteiger partial charge in [-0.25, -0.2) is 0 Å². The maximum absolute atomic E-state index is 12.5. The minimum absolute atomic E-state index is 0.190. The maximum atomic E-state index is 12.5. The number of halogens is 1. The molecule has 158 valence electrons. The first kappa shape index (κ1) is 22.1. The SMILES string of the molecule is COc1ccc(OC)c(CCNC(=O)c2ccc(CS(=O)c3ccc(Br)cc3)o2)c1. The zero-order valence-electron chi connectivity index (χ0n) is 16.6. The molecule has 1 heterocycles. The van der Waals surface area contributed by atoms with E-state index < -0.39 is 10.8 Å². The fourth-order valence-electron chi connectivity index (χ4n) is 2.85. The van der Waals surface area contributed by atoms with Gasteiger partial charge in [-0.2, -0.15) is 0 Å². The highest BCUT2D eigenvalue weighted by molar-refractivity contribution is 9.10. The number of carbonyl (C=O) groups excluding carboxylic acids is 1. The van der Waals surface area contributed by atoms with Gasteiger partial charge in [0.15, 0.2) is 5.76 Å². The van der Waals surface area contributed by atoms with Crippen LogP contribution < -0.4 is 14.8 Å². The summed E-state index contributed by atoms with van der Waals surface area (Å²) in [7, 11) is 1.95. The van der Waals surface area contributed by atoms with Crippen LogP contribution in [0, 0.1) is 0 Å². The third-order valence-electron chi connectivity index (χ3n) is 4.40. The highest BCUT2D eigenvalue weighted by atomic mass is 79.9. The van der Waals surface area contributed by atoms with Crippen LogP contribution in [0.25, 0.3) is 0 Å². The zero-order valence-corrected chi connectivity index (χ0v) is 19.0. The second-order valence-corrected chi connectivity index (χ2v) is 8.76. The molecule has 0 aliphatic carbocycles. The lowest BCUT2D eigenvalue weighted by Gasteiger charge is -2.10. The van der Waals surface area contributed by atoms with Crippen LogP contribution in [-0.2, 0) is 23.0 Å². The Balaban J connectivity index is 1.55. The molecule has 0 aliphatic heterocycles. The summed E-state index contributed by atoms with van der Waals surface area (Å²) in [5.41, 5.74) is 0.933. The highest BCUT2D eigenvalue weighted by Gasteiger charge is 2.14. The Labute approximate surface area is 186 Å². The van der Waals surface area contributed by atoms with E-state index in [0.717, 1.165) is 21.5 Å². The van der Waals surface area contributed by atoms with Crippen LogP contribution in [0.4, 0.5) is 0 Å². The minimum Gasteiger partial charge on any atom is -0.497 e. The first-order chi connectivity index (χ1) is 14.5. The Morgan fingerprint density at radius 2 is 1.83 bits per heavy atom. The quantitative estimate of drug-likeness (QED) is 0.481. The number of methoxy groups -OCH3 is 2. The van der Waals surface area contributed by atoms with Crippen molar-refractivity contribution in [3.8, 4) is 11.5 Å². The molecule has 0 saturated heterocycles. The van der Waals surface area contributed by atoms with Crippen molar-refractivity contribution in [2.75, 3.05) is 20.8 Å².